The normalized spacial score (nSPS) is 20.2. The van der Waals surface area contributed by atoms with Crippen LogP contribution in [0.3, 0.4) is 0 Å². The van der Waals surface area contributed by atoms with Gasteiger partial charge in [0.2, 0.25) is 5.91 Å². The molecule has 1 saturated heterocycles. The van der Waals surface area contributed by atoms with E-state index in [0.717, 1.165) is 11.1 Å². The lowest BCUT2D eigenvalue weighted by molar-refractivity contribution is -0.133. The number of hydrogen-bond acceptors (Lipinski definition) is 2. The fourth-order valence-electron chi connectivity index (χ4n) is 2.64. The van der Waals surface area contributed by atoms with Gasteiger partial charge in [-0.25, -0.2) is 0 Å². The van der Waals surface area contributed by atoms with Crippen molar-refractivity contribution in [1.82, 2.24) is 5.32 Å². The number of nitrogens with zero attached hydrogens (tertiary/aromatic N) is 1. The number of β-lactam (4-membered cyclic amide) rings is 1. The minimum Gasteiger partial charge on any atom is -0.349 e. The van der Waals surface area contributed by atoms with Gasteiger partial charge in [-0.15, -0.1) is 0 Å². The van der Waals surface area contributed by atoms with Crippen molar-refractivity contribution in [3.63, 3.8) is 0 Å². The van der Waals surface area contributed by atoms with Gasteiger partial charge in [-0.05, 0) is 29.7 Å². The summed E-state index contributed by atoms with van der Waals surface area (Å²) in [5.41, 5.74) is 2.78. The number of rotatable bonds is 4. The van der Waals surface area contributed by atoms with Crippen LogP contribution in [0.1, 0.15) is 16.7 Å². The van der Waals surface area contributed by atoms with E-state index in [1.807, 2.05) is 60.7 Å². The van der Waals surface area contributed by atoms with Gasteiger partial charge in [0.25, 0.3) is 0 Å². The molecule has 3 rings (SSSR count). The van der Waals surface area contributed by atoms with Crippen LogP contribution in [0, 0.1) is 17.2 Å². The summed E-state index contributed by atoms with van der Waals surface area (Å²) in [4.78, 5) is 11.8. The second-order valence-electron chi connectivity index (χ2n) is 5.43. The highest BCUT2D eigenvalue weighted by Crippen LogP contribution is 2.22. The summed E-state index contributed by atoms with van der Waals surface area (Å²) in [7, 11) is 0. The Labute approximate surface area is 129 Å². The summed E-state index contributed by atoms with van der Waals surface area (Å²) in [5, 5.41) is 11.9. The summed E-state index contributed by atoms with van der Waals surface area (Å²) in [6.07, 6.45) is 4.73. The molecule has 3 heteroatoms. The molecule has 0 bridgehead atoms. The predicted octanol–water partition coefficient (Wildman–Crippen LogP) is 2.93. The third kappa shape index (κ3) is 3.07. The molecule has 0 radical (unpaired) electrons. The summed E-state index contributed by atoms with van der Waals surface area (Å²) in [5.74, 6) is 0.0129. The fraction of sp³-hybridized carbons (Fsp3) is 0.158. The first-order chi connectivity index (χ1) is 10.8. The van der Waals surface area contributed by atoms with E-state index < -0.39 is 0 Å². The molecule has 108 valence electrons. The molecule has 0 saturated carbocycles. The van der Waals surface area contributed by atoms with Crippen LogP contribution in [0.2, 0.25) is 0 Å². The zero-order valence-corrected chi connectivity index (χ0v) is 12.1. The summed E-state index contributed by atoms with van der Waals surface area (Å²) >= 11 is 0. The van der Waals surface area contributed by atoms with E-state index in [0.29, 0.717) is 12.0 Å². The van der Waals surface area contributed by atoms with E-state index in [1.165, 1.54) is 0 Å². The van der Waals surface area contributed by atoms with E-state index >= 15 is 0 Å². The largest absolute Gasteiger partial charge is 0.349 e. The van der Waals surface area contributed by atoms with Crippen LogP contribution >= 0.6 is 0 Å². The van der Waals surface area contributed by atoms with Crippen molar-refractivity contribution in [3.05, 3.63) is 77.4 Å². The maximum atomic E-state index is 11.8. The topological polar surface area (TPSA) is 52.9 Å². The Morgan fingerprint density at radius 3 is 2.68 bits per heavy atom. The number of nitriles is 1. The molecule has 1 aliphatic rings. The molecule has 3 nitrogen and oxygen atoms in total. The Morgan fingerprint density at radius 1 is 1.14 bits per heavy atom. The Hall–Kier alpha value is -2.86. The van der Waals surface area contributed by atoms with Crippen molar-refractivity contribution < 1.29 is 4.79 Å². The maximum absolute atomic E-state index is 11.8. The molecule has 0 aliphatic carbocycles. The maximum Gasteiger partial charge on any atom is 0.226 e. The van der Waals surface area contributed by atoms with Crippen molar-refractivity contribution in [3.8, 4) is 6.07 Å². The molecule has 1 amide bonds. The van der Waals surface area contributed by atoms with Gasteiger partial charge in [0.15, 0.2) is 0 Å². The Kier molecular flexibility index (Phi) is 4.02. The van der Waals surface area contributed by atoms with Gasteiger partial charge in [-0.2, -0.15) is 5.26 Å². The minimum atomic E-state index is -0.0612. The molecule has 0 spiro atoms. The van der Waals surface area contributed by atoms with Crippen molar-refractivity contribution in [2.24, 2.45) is 5.92 Å². The number of carbonyl (C=O) groups excluding carboxylic acids is 1. The molecule has 0 aromatic heterocycles. The molecular formula is C19H16N2O. The van der Waals surface area contributed by atoms with Crippen LogP contribution < -0.4 is 5.32 Å². The first kappa shape index (κ1) is 14.1. The highest BCUT2D eigenvalue weighted by Gasteiger charge is 2.37. The van der Waals surface area contributed by atoms with Gasteiger partial charge < -0.3 is 5.32 Å². The fourth-order valence-corrected chi connectivity index (χ4v) is 2.64. The van der Waals surface area contributed by atoms with E-state index in [9.17, 15) is 4.79 Å². The molecule has 2 aromatic rings. The molecule has 22 heavy (non-hydrogen) atoms. The van der Waals surface area contributed by atoms with Crippen molar-refractivity contribution in [2.75, 3.05) is 0 Å². The molecule has 1 fully saturated rings. The molecule has 2 aromatic carbocycles. The van der Waals surface area contributed by atoms with Gasteiger partial charge in [0.05, 0.1) is 23.6 Å². The third-order valence-corrected chi connectivity index (χ3v) is 3.89. The highest BCUT2D eigenvalue weighted by molar-refractivity contribution is 5.87. The molecule has 1 N–H and O–H groups in total. The number of carbonyl (C=O) groups is 1. The first-order valence-corrected chi connectivity index (χ1v) is 7.29. The van der Waals surface area contributed by atoms with Crippen molar-refractivity contribution >= 4 is 12.0 Å². The van der Waals surface area contributed by atoms with Gasteiger partial charge in [0.1, 0.15) is 0 Å². The number of benzene rings is 2. The zero-order chi connectivity index (χ0) is 15.4. The molecule has 2 atom stereocenters. The molecular weight excluding hydrogens is 272 g/mol. The number of nitrogens with one attached hydrogen (secondary N) is 1. The van der Waals surface area contributed by atoms with Gasteiger partial charge in [-0.1, -0.05) is 54.6 Å². The van der Waals surface area contributed by atoms with Gasteiger partial charge in [0, 0.05) is 0 Å². The van der Waals surface area contributed by atoms with Crippen LogP contribution in [0.15, 0.2) is 60.7 Å². The molecule has 1 heterocycles. The lowest BCUT2D eigenvalue weighted by Gasteiger charge is -2.35. The zero-order valence-electron chi connectivity index (χ0n) is 12.1. The first-order valence-electron chi connectivity index (χ1n) is 7.29. The Bertz CT molecular complexity index is 744. The predicted molar refractivity (Wildman–Crippen MR) is 85.8 cm³/mol. The van der Waals surface area contributed by atoms with Crippen molar-refractivity contribution in [1.29, 1.82) is 5.26 Å². The Balaban J connectivity index is 1.69. The van der Waals surface area contributed by atoms with E-state index in [4.69, 9.17) is 5.26 Å². The van der Waals surface area contributed by atoms with Crippen molar-refractivity contribution in [2.45, 2.75) is 12.5 Å². The average Bonchev–Trinajstić information content (AvgIpc) is 2.57. The summed E-state index contributed by atoms with van der Waals surface area (Å²) < 4.78 is 0. The quantitative estimate of drug-likeness (QED) is 0.879. The van der Waals surface area contributed by atoms with E-state index in [-0.39, 0.29) is 17.9 Å². The van der Waals surface area contributed by atoms with Gasteiger partial charge in [-0.3, -0.25) is 4.79 Å². The summed E-state index contributed by atoms with van der Waals surface area (Å²) in [6.45, 7) is 0. The van der Waals surface area contributed by atoms with Crippen LogP contribution in [-0.2, 0) is 11.2 Å². The minimum absolute atomic E-state index is 0.0541. The highest BCUT2D eigenvalue weighted by atomic mass is 16.2. The third-order valence-electron chi connectivity index (χ3n) is 3.89. The number of hydrogen-bond donors (Lipinski definition) is 1. The second kappa shape index (κ2) is 6.28. The molecule has 0 unspecified atom stereocenters. The number of amides is 1. The average molecular weight is 288 g/mol. The van der Waals surface area contributed by atoms with E-state index in [1.54, 1.807) is 6.07 Å². The van der Waals surface area contributed by atoms with Crippen LogP contribution in [0.4, 0.5) is 0 Å². The lowest BCUT2D eigenvalue weighted by Crippen LogP contribution is -2.57. The van der Waals surface area contributed by atoms with Crippen LogP contribution in [-0.4, -0.2) is 11.9 Å². The van der Waals surface area contributed by atoms with Crippen LogP contribution in [0.25, 0.3) is 6.08 Å². The van der Waals surface area contributed by atoms with Crippen LogP contribution in [0.5, 0.6) is 0 Å². The standard InChI is InChI=1S/C19H16N2O/c20-13-16-8-4-7-15(11-16)12-17-18(21-19(17)22)10-9-14-5-2-1-3-6-14/h1-11,17-18H,12H2,(H,21,22)/b10-9+/t17-,18+/m0/s1. The Morgan fingerprint density at radius 2 is 1.95 bits per heavy atom. The van der Waals surface area contributed by atoms with E-state index in [2.05, 4.69) is 11.4 Å². The second-order valence-corrected chi connectivity index (χ2v) is 5.43. The van der Waals surface area contributed by atoms with Gasteiger partial charge >= 0.3 is 0 Å². The monoisotopic (exact) mass is 288 g/mol. The SMILES string of the molecule is N#Cc1cccc(C[C@@H]2C(=O)N[C@@H]2/C=C/c2ccccc2)c1. The lowest BCUT2D eigenvalue weighted by atomic mass is 9.84. The molecule has 1 aliphatic heterocycles. The smallest absolute Gasteiger partial charge is 0.226 e. The summed E-state index contributed by atoms with van der Waals surface area (Å²) in [6, 6.07) is 19.7.